The summed E-state index contributed by atoms with van der Waals surface area (Å²) in [5.74, 6) is 0.243. The third-order valence-electron chi connectivity index (χ3n) is 1.12. The molecule has 0 aromatic carbocycles. The highest BCUT2D eigenvalue weighted by Crippen LogP contribution is 2.18. The van der Waals surface area contributed by atoms with Crippen LogP contribution in [0.5, 0.6) is 0 Å². The van der Waals surface area contributed by atoms with Crippen LogP contribution in [-0.2, 0) is 0 Å². The first-order valence-electron chi connectivity index (χ1n) is 2.49. The Kier molecular flexibility index (Phi) is 0.704. The molecule has 0 spiro atoms. The summed E-state index contributed by atoms with van der Waals surface area (Å²) in [7, 11) is 0. The Balaban J connectivity index is 2.92. The summed E-state index contributed by atoms with van der Waals surface area (Å²) in [6.45, 7) is 0. The second-order valence-corrected chi connectivity index (χ2v) is 1.71. The molecule has 0 bridgehead atoms. The number of hydrogen-bond donors (Lipinski definition) is 0. The fraction of sp³-hybridized carbons (Fsp3) is 0. The second kappa shape index (κ2) is 1.37. The van der Waals surface area contributed by atoms with Crippen molar-refractivity contribution < 1.29 is 13.2 Å². The van der Waals surface area contributed by atoms with E-state index in [1.807, 2.05) is 0 Å². The molecule has 2 aromatic rings. The molecule has 2 aromatic heterocycles. The lowest BCUT2D eigenvalue weighted by Gasteiger charge is -1.70. The van der Waals surface area contributed by atoms with Gasteiger partial charge >= 0.3 is 0 Å². The van der Waals surface area contributed by atoms with Crippen LogP contribution in [0.25, 0.3) is 11.2 Å². The first-order chi connectivity index (χ1) is 4.36. The van der Waals surface area contributed by atoms with Crippen LogP contribution < -0.4 is 0 Å². The van der Waals surface area contributed by atoms with Crippen molar-refractivity contribution in [1.29, 1.82) is 0 Å². The number of hydrogen-bond acceptors (Lipinski definition) is 2. The van der Waals surface area contributed by atoms with Crippen molar-refractivity contribution >= 4 is 11.2 Å². The summed E-state index contributed by atoms with van der Waals surface area (Å²) in [6, 6.07) is 2.31. The van der Waals surface area contributed by atoms with Gasteiger partial charge in [-0.2, -0.15) is 4.39 Å². The van der Waals surface area contributed by atoms with Crippen molar-refractivity contribution in [2.75, 3.05) is 0 Å². The third kappa shape index (κ3) is 0.543. The van der Waals surface area contributed by atoms with Gasteiger partial charge in [-0.05, 0) is 6.07 Å². The van der Waals surface area contributed by atoms with Gasteiger partial charge in [-0.25, -0.2) is 0 Å². The zero-order chi connectivity index (χ0) is 6.27. The highest BCUT2D eigenvalue weighted by Gasteiger charge is 2.02. The zero-order valence-corrected chi connectivity index (χ0v) is 4.43. The van der Waals surface area contributed by atoms with Gasteiger partial charge in [-0.15, -0.1) is 0 Å². The minimum atomic E-state index is -0.607. The van der Waals surface area contributed by atoms with Gasteiger partial charge in [-0.1, -0.05) is 0 Å². The van der Waals surface area contributed by atoms with Crippen LogP contribution in [0.2, 0.25) is 0 Å². The third-order valence-corrected chi connectivity index (χ3v) is 1.12. The molecule has 2 heterocycles. The Hall–Kier alpha value is -1.25. The van der Waals surface area contributed by atoms with Crippen LogP contribution in [0.4, 0.5) is 4.39 Å². The maximum atomic E-state index is 12.1. The standard InChI is InChI=1S/C6H3FO2/c7-5-3-4-1-2-8-6(4)9-5/h1-3H. The lowest BCUT2D eigenvalue weighted by molar-refractivity contribution is 0.346. The van der Waals surface area contributed by atoms with Gasteiger partial charge in [-0.3, -0.25) is 0 Å². The lowest BCUT2D eigenvalue weighted by atomic mass is 10.4. The van der Waals surface area contributed by atoms with Crippen molar-refractivity contribution in [2.45, 2.75) is 0 Å². The van der Waals surface area contributed by atoms with Gasteiger partial charge in [0, 0.05) is 6.07 Å². The van der Waals surface area contributed by atoms with E-state index in [1.165, 1.54) is 12.3 Å². The normalized spacial score (nSPS) is 10.8. The molecule has 0 amide bonds. The van der Waals surface area contributed by atoms with Crippen LogP contribution in [0, 0.1) is 6.01 Å². The molecule has 46 valence electrons. The molecule has 0 fully saturated rings. The molecule has 0 radical (unpaired) electrons. The van der Waals surface area contributed by atoms with Crippen molar-refractivity contribution in [3.05, 3.63) is 24.4 Å². The summed E-state index contributed by atoms with van der Waals surface area (Å²) in [5.41, 5.74) is 0. The largest absolute Gasteiger partial charge is 0.433 e. The molecule has 0 saturated carbocycles. The summed E-state index contributed by atoms with van der Waals surface area (Å²) in [5, 5.41) is 0.660. The van der Waals surface area contributed by atoms with Crippen LogP contribution in [0.3, 0.4) is 0 Å². The first-order valence-corrected chi connectivity index (χ1v) is 2.49. The van der Waals surface area contributed by atoms with Crippen LogP contribution in [-0.4, -0.2) is 0 Å². The van der Waals surface area contributed by atoms with E-state index in [9.17, 15) is 4.39 Å². The Morgan fingerprint density at radius 1 is 1.44 bits per heavy atom. The minimum Gasteiger partial charge on any atom is -0.433 e. The summed E-state index contributed by atoms with van der Waals surface area (Å²) in [4.78, 5) is 0. The summed E-state index contributed by atoms with van der Waals surface area (Å²) in [6.07, 6.45) is 1.45. The molecule has 3 heteroatoms. The highest BCUT2D eigenvalue weighted by molar-refractivity contribution is 5.71. The van der Waals surface area contributed by atoms with Crippen molar-refractivity contribution in [3.63, 3.8) is 0 Å². The van der Waals surface area contributed by atoms with Crippen LogP contribution in [0.1, 0.15) is 0 Å². The number of fused-ring (bicyclic) bond motifs is 1. The molecule has 0 atom stereocenters. The van der Waals surface area contributed by atoms with Gasteiger partial charge in [0.15, 0.2) is 0 Å². The molecule has 0 aliphatic carbocycles. The quantitative estimate of drug-likeness (QED) is 0.540. The maximum absolute atomic E-state index is 12.1. The molecule has 2 rings (SSSR count). The molecule has 0 aliphatic heterocycles. The number of rotatable bonds is 0. The number of halogens is 1. The molecular weight excluding hydrogens is 123 g/mol. The van der Waals surface area contributed by atoms with E-state index in [-0.39, 0.29) is 5.78 Å². The van der Waals surface area contributed by atoms with Gasteiger partial charge in [0.05, 0.1) is 11.6 Å². The Morgan fingerprint density at radius 3 is 3.11 bits per heavy atom. The van der Waals surface area contributed by atoms with E-state index >= 15 is 0 Å². The summed E-state index contributed by atoms with van der Waals surface area (Å²) >= 11 is 0. The van der Waals surface area contributed by atoms with E-state index in [2.05, 4.69) is 4.42 Å². The predicted molar refractivity (Wildman–Crippen MR) is 28.4 cm³/mol. The highest BCUT2D eigenvalue weighted by atomic mass is 19.1. The molecule has 0 saturated heterocycles. The van der Waals surface area contributed by atoms with E-state index in [4.69, 9.17) is 4.42 Å². The second-order valence-electron chi connectivity index (χ2n) is 1.71. The van der Waals surface area contributed by atoms with E-state index in [1.54, 1.807) is 6.07 Å². The Bertz CT molecular complexity index is 292. The molecule has 0 N–H and O–H groups in total. The van der Waals surface area contributed by atoms with Gasteiger partial charge in [0.1, 0.15) is 0 Å². The fourth-order valence-corrected chi connectivity index (χ4v) is 0.736. The molecule has 0 unspecified atom stereocenters. The van der Waals surface area contributed by atoms with Crippen molar-refractivity contribution in [2.24, 2.45) is 0 Å². The van der Waals surface area contributed by atoms with Gasteiger partial charge in [0.25, 0.3) is 11.8 Å². The fourth-order valence-electron chi connectivity index (χ4n) is 0.736. The van der Waals surface area contributed by atoms with Crippen LogP contribution >= 0.6 is 0 Å². The van der Waals surface area contributed by atoms with Crippen LogP contribution in [0.15, 0.2) is 27.2 Å². The lowest BCUT2D eigenvalue weighted by Crippen LogP contribution is -1.52. The Morgan fingerprint density at radius 2 is 2.33 bits per heavy atom. The minimum absolute atomic E-state index is 0.243. The molecule has 9 heavy (non-hydrogen) atoms. The smallest absolute Gasteiger partial charge is 0.299 e. The van der Waals surface area contributed by atoms with Crippen molar-refractivity contribution in [1.82, 2.24) is 0 Å². The first kappa shape index (κ1) is 4.61. The average molecular weight is 126 g/mol. The monoisotopic (exact) mass is 126 g/mol. The summed E-state index contributed by atoms with van der Waals surface area (Å²) < 4.78 is 21.3. The van der Waals surface area contributed by atoms with E-state index in [0.717, 1.165) is 0 Å². The van der Waals surface area contributed by atoms with Gasteiger partial charge in [0.2, 0.25) is 0 Å². The molecule has 0 aliphatic rings. The maximum Gasteiger partial charge on any atom is 0.299 e. The van der Waals surface area contributed by atoms with E-state index in [0.29, 0.717) is 5.39 Å². The SMILES string of the molecule is Fc1cc2ccoc2o1. The molecule has 2 nitrogen and oxygen atoms in total. The zero-order valence-electron chi connectivity index (χ0n) is 4.43. The Labute approximate surface area is 49.9 Å². The topological polar surface area (TPSA) is 26.3 Å². The predicted octanol–water partition coefficient (Wildman–Crippen LogP) is 2.16. The van der Waals surface area contributed by atoms with E-state index < -0.39 is 6.01 Å². The number of furan rings is 2. The molecular formula is C6H3FO2. The van der Waals surface area contributed by atoms with Gasteiger partial charge < -0.3 is 8.83 Å². The van der Waals surface area contributed by atoms with Crippen molar-refractivity contribution in [3.8, 4) is 0 Å². The average Bonchev–Trinajstić information content (AvgIpc) is 2.22.